The SMILES string of the molecule is Cn1cnc(CNC(=O)c2nc[nH]c2C(=O)O)n1. The lowest BCUT2D eigenvalue weighted by Gasteiger charge is -2.00. The van der Waals surface area contributed by atoms with Gasteiger partial charge < -0.3 is 15.4 Å². The van der Waals surface area contributed by atoms with Crippen molar-refractivity contribution in [3.63, 3.8) is 0 Å². The van der Waals surface area contributed by atoms with Crippen molar-refractivity contribution in [2.75, 3.05) is 0 Å². The number of carboxylic acids is 1. The van der Waals surface area contributed by atoms with E-state index in [0.717, 1.165) is 6.33 Å². The zero-order valence-electron chi connectivity index (χ0n) is 9.41. The van der Waals surface area contributed by atoms with E-state index in [9.17, 15) is 9.59 Å². The van der Waals surface area contributed by atoms with Gasteiger partial charge in [-0.2, -0.15) is 5.10 Å². The summed E-state index contributed by atoms with van der Waals surface area (Å²) >= 11 is 0. The summed E-state index contributed by atoms with van der Waals surface area (Å²) in [4.78, 5) is 32.4. The third kappa shape index (κ3) is 2.34. The number of hydrogen-bond acceptors (Lipinski definition) is 5. The molecule has 3 N–H and O–H groups in total. The maximum absolute atomic E-state index is 11.7. The molecule has 0 saturated heterocycles. The third-order valence-electron chi connectivity index (χ3n) is 2.12. The molecule has 0 saturated carbocycles. The Morgan fingerprint density at radius 2 is 2.28 bits per heavy atom. The Balaban J connectivity index is 2.04. The fourth-order valence-electron chi connectivity index (χ4n) is 1.34. The van der Waals surface area contributed by atoms with Crippen molar-refractivity contribution in [3.05, 3.63) is 29.9 Å². The molecule has 0 aliphatic rings. The summed E-state index contributed by atoms with van der Waals surface area (Å²) in [5.74, 6) is -1.41. The van der Waals surface area contributed by atoms with Crippen molar-refractivity contribution >= 4 is 11.9 Å². The van der Waals surface area contributed by atoms with Gasteiger partial charge in [0.05, 0.1) is 12.9 Å². The van der Waals surface area contributed by atoms with Gasteiger partial charge in [-0.1, -0.05) is 0 Å². The van der Waals surface area contributed by atoms with Gasteiger partial charge in [0.25, 0.3) is 5.91 Å². The van der Waals surface area contributed by atoms with Crippen molar-refractivity contribution in [2.45, 2.75) is 6.54 Å². The number of aromatic carboxylic acids is 1. The van der Waals surface area contributed by atoms with E-state index in [4.69, 9.17) is 5.11 Å². The number of H-pyrrole nitrogens is 1. The van der Waals surface area contributed by atoms with Crippen LogP contribution in [0.25, 0.3) is 0 Å². The van der Waals surface area contributed by atoms with Gasteiger partial charge in [0, 0.05) is 7.05 Å². The van der Waals surface area contributed by atoms with Crippen LogP contribution >= 0.6 is 0 Å². The number of rotatable bonds is 4. The highest BCUT2D eigenvalue weighted by Crippen LogP contribution is 2.02. The Hall–Kier alpha value is -2.71. The molecule has 0 spiro atoms. The van der Waals surface area contributed by atoms with Crippen LogP contribution in [0, 0.1) is 0 Å². The second-order valence-electron chi connectivity index (χ2n) is 3.45. The average molecular weight is 250 g/mol. The summed E-state index contributed by atoms with van der Waals surface area (Å²) in [6.07, 6.45) is 2.65. The molecule has 0 aromatic carbocycles. The molecule has 2 rings (SSSR count). The monoisotopic (exact) mass is 250 g/mol. The second-order valence-corrected chi connectivity index (χ2v) is 3.45. The minimum Gasteiger partial charge on any atom is -0.477 e. The summed E-state index contributed by atoms with van der Waals surface area (Å²) in [5.41, 5.74) is -0.417. The van der Waals surface area contributed by atoms with Gasteiger partial charge in [-0.3, -0.25) is 9.48 Å². The molecule has 0 bridgehead atoms. The predicted octanol–water partition coefficient (Wildman–Crippen LogP) is -0.834. The number of imidazole rings is 1. The summed E-state index contributed by atoms with van der Waals surface area (Å²) in [7, 11) is 1.70. The van der Waals surface area contributed by atoms with Gasteiger partial charge in [0.15, 0.2) is 17.2 Å². The van der Waals surface area contributed by atoms with E-state index < -0.39 is 11.9 Å². The lowest BCUT2D eigenvalue weighted by molar-refractivity contribution is 0.0685. The highest BCUT2D eigenvalue weighted by Gasteiger charge is 2.19. The Labute approximate surface area is 101 Å². The van der Waals surface area contributed by atoms with Crippen molar-refractivity contribution < 1.29 is 14.7 Å². The summed E-state index contributed by atoms with van der Waals surface area (Å²) in [6, 6.07) is 0. The molecule has 2 aromatic rings. The first-order valence-electron chi connectivity index (χ1n) is 4.97. The van der Waals surface area contributed by atoms with E-state index in [1.165, 1.54) is 11.0 Å². The molecule has 1 amide bonds. The fraction of sp³-hybridized carbons (Fsp3) is 0.222. The van der Waals surface area contributed by atoms with Crippen molar-refractivity contribution in [2.24, 2.45) is 7.05 Å². The number of carbonyl (C=O) groups is 2. The van der Waals surface area contributed by atoms with Crippen LogP contribution in [0.5, 0.6) is 0 Å². The van der Waals surface area contributed by atoms with Crippen LogP contribution in [-0.2, 0) is 13.6 Å². The van der Waals surface area contributed by atoms with Crippen molar-refractivity contribution in [3.8, 4) is 0 Å². The fourth-order valence-corrected chi connectivity index (χ4v) is 1.34. The van der Waals surface area contributed by atoms with E-state index >= 15 is 0 Å². The minimum absolute atomic E-state index is 0.103. The van der Waals surface area contributed by atoms with E-state index in [1.807, 2.05) is 0 Å². The van der Waals surface area contributed by atoms with Crippen LogP contribution < -0.4 is 5.32 Å². The second kappa shape index (κ2) is 4.65. The molecular formula is C9H10N6O3. The molecule has 18 heavy (non-hydrogen) atoms. The maximum Gasteiger partial charge on any atom is 0.354 e. The Bertz CT molecular complexity index is 587. The first-order chi connectivity index (χ1) is 8.58. The van der Waals surface area contributed by atoms with E-state index in [0.29, 0.717) is 5.82 Å². The molecule has 0 radical (unpaired) electrons. The van der Waals surface area contributed by atoms with E-state index in [-0.39, 0.29) is 17.9 Å². The highest BCUT2D eigenvalue weighted by atomic mass is 16.4. The van der Waals surface area contributed by atoms with Gasteiger partial charge in [0.2, 0.25) is 0 Å². The summed E-state index contributed by atoms with van der Waals surface area (Å²) < 4.78 is 1.50. The molecule has 2 aromatic heterocycles. The number of nitrogens with one attached hydrogen (secondary N) is 2. The zero-order chi connectivity index (χ0) is 13.1. The molecule has 0 aliphatic carbocycles. The number of amides is 1. The number of nitrogens with zero attached hydrogens (tertiary/aromatic N) is 4. The summed E-state index contributed by atoms with van der Waals surface area (Å²) in [6.45, 7) is 0.103. The molecule has 9 nitrogen and oxygen atoms in total. The molecular weight excluding hydrogens is 240 g/mol. The Kier molecular flexibility index (Phi) is 3.04. The van der Waals surface area contributed by atoms with Gasteiger partial charge in [-0.05, 0) is 0 Å². The maximum atomic E-state index is 11.7. The van der Waals surface area contributed by atoms with Crippen LogP contribution in [-0.4, -0.2) is 41.7 Å². The molecule has 2 heterocycles. The lowest BCUT2D eigenvalue weighted by atomic mass is 10.3. The van der Waals surface area contributed by atoms with Crippen LogP contribution in [0.15, 0.2) is 12.7 Å². The van der Waals surface area contributed by atoms with Gasteiger partial charge >= 0.3 is 5.97 Å². The Morgan fingerprint density at radius 3 is 2.89 bits per heavy atom. The van der Waals surface area contributed by atoms with Crippen LogP contribution in [0.4, 0.5) is 0 Å². The van der Waals surface area contributed by atoms with E-state index in [1.54, 1.807) is 7.05 Å². The number of aromatic amines is 1. The van der Waals surface area contributed by atoms with Crippen LogP contribution in [0.2, 0.25) is 0 Å². The molecule has 0 fully saturated rings. The standard InChI is InChI=1S/C9H10N6O3/c1-15-4-13-5(14-15)2-10-8(16)6-7(9(17)18)12-3-11-6/h3-4H,2H2,1H3,(H,10,16)(H,11,12)(H,17,18). The summed E-state index contributed by atoms with van der Waals surface area (Å²) in [5, 5.41) is 15.3. The van der Waals surface area contributed by atoms with Gasteiger partial charge in [-0.15, -0.1) is 0 Å². The number of aromatic nitrogens is 5. The topological polar surface area (TPSA) is 126 Å². The molecule has 0 unspecified atom stereocenters. The first kappa shape index (κ1) is 11.8. The molecule has 9 heteroatoms. The lowest BCUT2D eigenvalue weighted by Crippen LogP contribution is -2.25. The van der Waals surface area contributed by atoms with Crippen LogP contribution in [0.3, 0.4) is 0 Å². The number of aryl methyl sites for hydroxylation is 1. The smallest absolute Gasteiger partial charge is 0.354 e. The quantitative estimate of drug-likeness (QED) is 0.650. The zero-order valence-corrected chi connectivity index (χ0v) is 9.41. The molecule has 94 valence electrons. The largest absolute Gasteiger partial charge is 0.477 e. The molecule has 0 atom stereocenters. The Morgan fingerprint density at radius 1 is 1.50 bits per heavy atom. The first-order valence-corrected chi connectivity index (χ1v) is 4.97. The highest BCUT2D eigenvalue weighted by molar-refractivity contribution is 6.02. The predicted molar refractivity (Wildman–Crippen MR) is 57.7 cm³/mol. The van der Waals surface area contributed by atoms with Gasteiger partial charge in [0.1, 0.15) is 6.33 Å². The van der Waals surface area contributed by atoms with Crippen LogP contribution in [0.1, 0.15) is 26.8 Å². The average Bonchev–Trinajstić information content (AvgIpc) is 2.94. The number of carboxylic acid groups (broad SMARTS) is 1. The number of carbonyl (C=O) groups excluding carboxylic acids is 1. The van der Waals surface area contributed by atoms with E-state index in [2.05, 4.69) is 25.4 Å². The normalized spacial score (nSPS) is 10.3. The van der Waals surface area contributed by atoms with Gasteiger partial charge in [-0.25, -0.2) is 14.8 Å². The van der Waals surface area contributed by atoms with Crippen molar-refractivity contribution in [1.82, 2.24) is 30.0 Å². The minimum atomic E-state index is -1.24. The number of hydrogen-bond donors (Lipinski definition) is 3. The van der Waals surface area contributed by atoms with Crippen molar-refractivity contribution in [1.29, 1.82) is 0 Å². The third-order valence-corrected chi connectivity index (χ3v) is 2.12. The molecule has 0 aliphatic heterocycles.